The molecule has 0 saturated heterocycles. The van der Waals surface area contributed by atoms with Gasteiger partial charge < -0.3 is 10.1 Å². The Balaban J connectivity index is 1.95. The zero-order valence-electron chi connectivity index (χ0n) is 11.1. The van der Waals surface area contributed by atoms with E-state index in [0.717, 1.165) is 24.0 Å². The van der Waals surface area contributed by atoms with Crippen LogP contribution in [-0.2, 0) is 0 Å². The summed E-state index contributed by atoms with van der Waals surface area (Å²) in [5, 5.41) is 3.58. The summed E-state index contributed by atoms with van der Waals surface area (Å²) in [6.45, 7) is 7.42. The smallest absolute Gasteiger partial charge is 0.142 e. The Bertz CT molecular complexity index is 356. The topological polar surface area (TPSA) is 21.3 Å². The minimum absolute atomic E-state index is 0.562. The molecule has 0 spiro atoms. The second kappa shape index (κ2) is 5.44. The molecular weight excluding hydrogens is 210 g/mol. The van der Waals surface area contributed by atoms with E-state index in [4.69, 9.17) is 4.74 Å². The zero-order chi connectivity index (χ0) is 12.3. The molecule has 0 heterocycles. The van der Waals surface area contributed by atoms with Crippen LogP contribution < -0.4 is 10.1 Å². The summed E-state index contributed by atoms with van der Waals surface area (Å²) < 4.78 is 5.83. The fraction of sp³-hybridized carbons (Fsp3) is 0.600. The SMILES string of the molecule is CC(C)COc1ccccc1NC1CC(C)C1. The fourth-order valence-corrected chi connectivity index (χ4v) is 2.21. The molecule has 1 fully saturated rings. The number of hydrogen-bond donors (Lipinski definition) is 1. The van der Waals surface area contributed by atoms with Crippen LogP contribution in [0.15, 0.2) is 24.3 Å². The zero-order valence-corrected chi connectivity index (χ0v) is 11.1. The van der Waals surface area contributed by atoms with E-state index in [1.807, 2.05) is 12.1 Å². The first-order valence-electron chi connectivity index (χ1n) is 6.63. The normalized spacial score (nSPS) is 23.3. The highest BCUT2D eigenvalue weighted by atomic mass is 16.5. The second-order valence-electron chi connectivity index (χ2n) is 5.62. The Morgan fingerprint density at radius 3 is 2.65 bits per heavy atom. The lowest BCUT2D eigenvalue weighted by Crippen LogP contribution is -2.33. The first kappa shape index (κ1) is 12.3. The minimum atomic E-state index is 0.562. The molecule has 1 aliphatic carbocycles. The Morgan fingerprint density at radius 2 is 2.00 bits per heavy atom. The first-order chi connectivity index (χ1) is 8.15. The molecule has 0 unspecified atom stereocenters. The number of hydrogen-bond acceptors (Lipinski definition) is 2. The third-order valence-electron chi connectivity index (χ3n) is 3.19. The van der Waals surface area contributed by atoms with Crippen LogP contribution in [0.25, 0.3) is 0 Å². The molecular formula is C15H23NO. The molecule has 0 amide bonds. The predicted molar refractivity (Wildman–Crippen MR) is 72.6 cm³/mol. The molecule has 0 atom stereocenters. The summed E-state index contributed by atoms with van der Waals surface area (Å²) in [5.41, 5.74) is 1.14. The Labute approximate surface area is 104 Å². The van der Waals surface area contributed by atoms with Gasteiger partial charge in [0.1, 0.15) is 5.75 Å². The van der Waals surface area contributed by atoms with Gasteiger partial charge in [0.05, 0.1) is 12.3 Å². The van der Waals surface area contributed by atoms with E-state index >= 15 is 0 Å². The summed E-state index contributed by atoms with van der Waals surface area (Å²) in [6, 6.07) is 8.89. The van der Waals surface area contributed by atoms with Crippen molar-refractivity contribution >= 4 is 5.69 Å². The standard InChI is InChI=1S/C15H23NO/c1-11(2)10-17-15-7-5-4-6-14(15)16-13-8-12(3)9-13/h4-7,11-13,16H,8-10H2,1-3H3. The van der Waals surface area contributed by atoms with E-state index in [1.165, 1.54) is 12.8 Å². The van der Waals surface area contributed by atoms with Gasteiger partial charge in [-0.1, -0.05) is 32.9 Å². The van der Waals surface area contributed by atoms with Gasteiger partial charge in [0.15, 0.2) is 0 Å². The molecule has 2 nitrogen and oxygen atoms in total. The summed E-state index contributed by atoms with van der Waals surface area (Å²) in [6.07, 6.45) is 2.55. The lowest BCUT2D eigenvalue weighted by atomic mass is 9.82. The lowest BCUT2D eigenvalue weighted by molar-refractivity contribution is 0.270. The van der Waals surface area contributed by atoms with Crippen LogP contribution in [0.1, 0.15) is 33.6 Å². The van der Waals surface area contributed by atoms with Gasteiger partial charge in [-0.3, -0.25) is 0 Å². The van der Waals surface area contributed by atoms with Crippen molar-refractivity contribution in [3.05, 3.63) is 24.3 Å². The molecule has 1 saturated carbocycles. The van der Waals surface area contributed by atoms with Gasteiger partial charge >= 0.3 is 0 Å². The van der Waals surface area contributed by atoms with Crippen LogP contribution in [0.2, 0.25) is 0 Å². The molecule has 0 radical (unpaired) electrons. The van der Waals surface area contributed by atoms with Crippen molar-refractivity contribution in [3.63, 3.8) is 0 Å². The molecule has 0 aliphatic heterocycles. The molecule has 1 aromatic rings. The van der Waals surface area contributed by atoms with Gasteiger partial charge in [-0.2, -0.15) is 0 Å². The van der Waals surface area contributed by atoms with E-state index in [-0.39, 0.29) is 0 Å². The quantitative estimate of drug-likeness (QED) is 0.832. The van der Waals surface area contributed by atoms with Gasteiger partial charge in [-0.15, -0.1) is 0 Å². The maximum atomic E-state index is 5.83. The number of benzene rings is 1. The van der Waals surface area contributed by atoms with Crippen molar-refractivity contribution in [1.29, 1.82) is 0 Å². The number of para-hydroxylation sites is 2. The highest BCUT2D eigenvalue weighted by molar-refractivity contribution is 5.57. The molecule has 94 valence electrons. The third kappa shape index (κ3) is 3.39. The molecule has 2 rings (SSSR count). The fourth-order valence-electron chi connectivity index (χ4n) is 2.21. The number of anilines is 1. The minimum Gasteiger partial charge on any atom is -0.491 e. The van der Waals surface area contributed by atoms with Crippen LogP contribution in [0.4, 0.5) is 5.69 Å². The highest BCUT2D eigenvalue weighted by Crippen LogP contribution is 2.32. The first-order valence-corrected chi connectivity index (χ1v) is 6.63. The van der Waals surface area contributed by atoms with Crippen molar-refractivity contribution in [2.45, 2.75) is 39.7 Å². The van der Waals surface area contributed by atoms with Crippen LogP contribution in [0.3, 0.4) is 0 Å². The monoisotopic (exact) mass is 233 g/mol. The van der Waals surface area contributed by atoms with Gasteiger partial charge in [0, 0.05) is 6.04 Å². The molecule has 1 aliphatic rings. The molecule has 1 aromatic carbocycles. The summed E-state index contributed by atoms with van der Waals surface area (Å²) in [7, 11) is 0. The lowest BCUT2D eigenvalue weighted by Gasteiger charge is -2.34. The Kier molecular flexibility index (Phi) is 3.93. The molecule has 1 N–H and O–H groups in total. The molecule has 17 heavy (non-hydrogen) atoms. The summed E-state index contributed by atoms with van der Waals surface area (Å²) >= 11 is 0. The van der Waals surface area contributed by atoms with Gasteiger partial charge in [-0.05, 0) is 36.8 Å². The Morgan fingerprint density at radius 1 is 1.29 bits per heavy atom. The van der Waals surface area contributed by atoms with E-state index in [0.29, 0.717) is 12.0 Å². The average molecular weight is 233 g/mol. The summed E-state index contributed by atoms with van der Waals surface area (Å²) in [4.78, 5) is 0. The predicted octanol–water partition coefficient (Wildman–Crippen LogP) is 3.93. The molecule has 2 heteroatoms. The molecule has 0 bridgehead atoms. The van der Waals surface area contributed by atoms with Crippen molar-refractivity contribution in [3.8, 4) is 5.75 Å². The van der Waals surface area contributed by atoms with E-state index in [1.54, 1.807) is 0 Å². The number of ether oxygens (including phenoxy) is 1. The van der Waals surface area contributed by atoms with E-state index in [2.05, 4.69) is 38.2 Å². The van der Waals surface area contributed by atoms with Crippen LogP contribution in [0, 0.1) is 11.8 Å². The van der Waals surface area contributed by atoms with Gasteiger partial charge in [0.2, 0.25) is 0 Å². The van der Waals surface area contributed by atoms with E-state index in [9.17, 15) is 0 Å². The van der Waals surface area contributed by atoms with Crippen LogP contribution in [-0.4, -0.2) is 12.6 Å². The Hall–Kier alpha value is -1.18. The third-order valence-corrected chi connectivity index (χ3v) is 3.19. The number of rotatable bonds is 5. The van der Waals surface area contributed by atoms with Crippen LogP contribution in [0.5, 0.6) is 5.75 Å². The van der Waals surface area contributed by atoms with E-state index < -0.39 is 0 Å². The van der Waals surface area contributed by atoms with Crippen molar-refractivity contribution in [2.24, 2.45) is 11.8 Å². The molecule has 0 aromatic heterocycles. The highest BCUT2D eigenvalue weighted by Gasteiger charge is 2.25. The number of nitrogens with one attached hydrogen (secondary N) is 1. The maximum Gasteiger partial charge on any atom is 0.142 e. The van der Waals surface area contributed by atoms with Gasteiger partial charge in [0.25, 0.3) is 0 Å². The van der Waals surface area contributed by atoms with Crippen molar-refractivity contribution in [1.82, 2.24) is 0 Å². The summed E-state index contributed by atoms with van der Waals surface area (Å²) in [5.74, 6) is 2.42. The van der Waals surface area contributed by atoms with Crippen molar-refractivity contribution < 1.29 is 4.74 Å². The second-order valence-corrected chi connectivity index (χ2v) is 5.62. The van der Waals surface area contributed by atoms with Gasteiger partial charge in [-0.25, -0.2) is 0 Å². The van der Waals surface area contributed by atoms with Crippen LogP contribution >= 0.6 is 0 Å². The largest absolute Gasteiger partial charge is 0.491 e. The van der Waals surface area contributed by atoms with Crippen molar-refractivity contribution in [2.75, 3.05) is 11.9 Å². The maximum absolute atomic E-state index is 5.83. The average Bonchev–Trinajstić information content (AvgIpc) is 2.25.